The van der Waals surface area contributed by atoms with Crippen LogP contribution >= 0.6 is 12.2 Å². The van der Waals surface area contributed by atoms with E-state index >= 15 is 0 Å². The first-order valence-electron chi connectivity index (χ1n) is 8.12. The first-order valence-corrected chi connectivity index (χ1v) is 8.53. The highest BCUT2D eigenvalue weighted by molar-refractivity contribution is 7.80. The summed E-state index contributed by atoms with van der Waals surface area (Å²) >= 11 is 5.09. The maximum absolute atomic E-state index is 11.8. The summed E-state index contributed by atoms with van der Waals surface area (Å²) in [7, 11) is 1.58. The van der Waals surface area contributed by atoms with Crippen molar-refractivity contribution in [2.45, 2.75) is 39.7 Å². The van der Waals surface area contributed by atoms with Gasteiger partial charge in [0.25, 0.3) is 5.91 Å². The summed E-state index contributed by atoms with van der Waals surface area (Å²) in [5.74, 6) is 0.999. The van der Waals surface area contributed by atoms with Gasteiger partial charge in [0.1, 0.15) is 0 Å². The number of thiocarbonyl (C=S) groups is 1. The maximum atomic E-state index is 11.8. The fraction of sp³-hybridized carbons (Fsp3) is 0.444. The Bertz CT molecular complexity index is 624. The molecule has 138 valence electrons. The van der Waals surface area contributed by atoms with Gasteiger partial charge >= 0.3 is 0 Å². The molecule has 0 saturated carbocycles. The molecular formula is C18H27N3O3S. The van der Waals surface area contributed by atoms with Gasteiger partial charge in [0.2, 0.25) is 0 Å². The minimum Gasteiger partial charge on any atom is -0.493 e. The topological polar surface area (TPSA) is 71.6 Å². The summed E-state index contributed by atoms with van der Waals surface area (Å²) in [6.07, 6.45) is 4.02. The van der Waals surface area contributed by atoms with Gasteiger partial charge in [-0.2, -0.15) is 0 Å². The molecule has 1 amide bonds. The number of hydrogen-bond donors (Lipinski definition) is 3. The van der Waals surface area contributed by atoms with E-state index in [-0.39, 0.29) is 11.4 Å². The van der Waals surface area contributed by atoms with Crippen molar-refractivity contribution in [3.8, 4) is 11.5 Å². The number of nitrogens with one attached hydrogen (secondary N) is 3. The lowest BCUT2D eigenvalue weighted by atomic mass is 10.1. The molecule has 0 saturated heterocycles. The van der Waals surface area contributed by atoms with E-state index in [0.717, 1.165) is 12.0 Å². The highest BCUT2D eigenvalue weighted by Gasteiger charge is 2.10. The standard InChI is InChI=1S/C18H27N3O3S/c1-6-11-24-14-9-7-13(12-15(14)23-5)8-10-16(22)20-21-17(25)19-18(2,3)4/h7-10,12H,6,11H2,1-5H3,(H,20,22)(H2,19,21,25)/b10-8+. The normalized spacial score (nSPS) is 11.1. The Labute approximate surface area is 154 Å². The van der Waals surface area contributed by atoms with E-state index in [1.54, 1.807) is 13.2 Å². The predicted octanol–water partition coefficient (Wildman–Crippen LogP) is 2.79. The number of hydrazine groups is 1. The zero-order valence-electron chi connectivity index (χ0n) is 15.4. The maximum Gasteiger partial charge on any atom is 0.262 e. The van der Waals surface area contributed by atoms with Crippen LogP contribution in [0.15, 0.2) is 24.3 Å². The van der Waals surface area contributed by atoms with E-state index in [9.17, 15) is 4.79 Å². The first kappa shape index (κ1) is 20.8. The second kappa shape index (κ2) is 9.88. The van der Waals surface area contributed by atoms with Crippen molar-refractivity contribution in [3.05, 3.63) is 29.8 Å². The van der Waals surface area contributed by atoms with Crippen LogP contribution in [-0.2, 0) is 4.79 Å². The van der Waals surface area contributed by atoms with Crippen molar-refractivity contribution < 1.29 is 14.3 Å². The second-order valence-electron chi connectivity index (χ2n) is 6.41. The van der Waals surface area contributed by atoms with Gasteiger partial charge in [0, 0.05) is 11.6 Å². The zero-order valence-corrected chi connectivity index (χ0v) is 16.3. The number of rotatable bonds is 6. The van der Waals surface area contributed by atoms with Crippen molar-refractivity contribution in [1.82, 2.24) is 16.2 Å². The van der Waals surface area contributed by atoms with Crippen LogP contribution in [0.25, 0.3) is 6.08 Å². The van der Waals surface area contributed by atoms with E-state index < -0.39 is 0 Å². The first-order chi connectivity index (χ1) is 11.7. The molecule has 1 aromatic carbocycles. The lowest BCUT2D eigenvalue weighted by molar-refractivity contribution is -0.117. The smallest absolute Gasteiger partial charge is 0.262 e. The predicted molar refractivity (Wildman–Crippen MR) is 105 cm³/mol. The molecule has 0 aliphatic carbocycles. The Morgan fingerprint density at radius 3 is 2.56 bits per heavy atom. The summed E-state index contributed by atoms with van der Waals surface area (Å²) < 4.78 is 10.9. The Balaban J connectivity index is 2.59. The van der Waals surface area contributed by atoms with E-state index in [2.05, 4.69) is 16.2 Å². The zero-order chi connectivity index (χ0) is 18.9. The van der Waals surface area contributed by atoms with Crippen molar-refractivity contribution >= 4 is 29.3 Å². The van der Waals surface area contributed by atoms with E-state index in [1.807, 2.05) is 45.9 Å². The molecule has 0 radical (unpaired) electrons. The Hall–Kier alpha value is -2.28. The molecule has 0 heterocycles. The molecule has 6 nitrogen and oxygen atoms in total. The van der Waals surface area contributed by atoms with Crippen molar-refractivity contribution in [2.24, 2.45) is 0 Å². The van der Waals surface area contributed by atoms with Gasteiger partial charge < -0.3 is 14.8 Å². The van der Waals surface area contributed by atoms with Gasteiger partial charge in [-0.25, -0.2) is 0 Å². The highest BCUT2D eigenvalue weighted by Crippen LogP contribution is 2.28. The summed E-state index contributed by atoms with van der Waals surface area (Å²) in [5.41, 5.74) is 5.81. The number of carbonyl (C=O) groups is 1. The molecule has 1 rings (SSSR count). The summed E-state index contributed by atoms with van der Waals surface area (Å²) in [5, 5.41) is 3.39. The van der Waals surface area contributed by atoms with E-state index in [4.69, 9.17) is 21.7 Å². The Kier molecular flexibility index (Phi) is 8.21. The molecule has 0 aliphatic heterocycles. The number of carbonyl (C=O) groups excluding carboxylic acids is 1. The molecule has 3 N–H and O–H groups in total. The fourth-order valence-electron chi connectivity index (χ4n) is 1.82. The summed E-state index contributed by atoms with van der Waals surface area (Å²) in [4.78, 5) is 11.8. The quantitative estimate of drug-likeness (QED) is 0.409. The van der Waals surface area contributed by atoms with Crippen LogP contribution in [0.4, 0.5) is 0 Å². The number of benzene rings is 1. The average Bonchev–Trinajstić information content (AvgIpc) is 2.55. The fourth-order valence-corrected chi connectivity index (χ4v) is 2.18. The van der Waals surface area contributed by atoms with Gasteiger partial charge in [-0.1, -0.05) is 13.0 Å². The lowest BCUT2D eigenvalue weighted by Gasteiger charge is -2.22. The van der Waals surface area contributed by atoms with Gasteiger partial charge in [0.05, 0.1) is 13.7 Å². The number of amides is 1. The third-order valence-corrected chi connectivity index (χ3v) is 3.07. The summed E-state index contributed by atoms with van der Waals surface area (Å²) in [6, 6.07) is 5.50. The largest absolute Gasteiger partial charge is 0.493 e. The van der Waals surface area contributed by atoms with Gasteiger partial charge in [0.15, 0.2) is 16.6 Å². The van der Waals surface area contributed by atoms with Crippen LogP contribution in [0.3, 0.4) is 0 Å². The Morgan fingerprint density at radius 2 is 1.96 bits per heavy atom. The molecule has 0 unspecified atom stereocenters. The summed E-state index contributed by atoms with van der Waals surface area (Å²) in [6.45, 7) is 8.60. The minimum absolute atomic E-state index is 0.178. The van der Waals surface area contributed by atoms with Crippen LogP contribution < -0.4 is 25.6 Å². The third-order valence-electron chi connectivity index (χ3n) is 2.86. The molecular weight excluding hydrogens is 338 g/mol. The second-order valence-corrected chi connectivity index (χ2v) is 6.82. The van der Waals surface area contributed by atoms with Crippen LogP contribution in [0.1, 0.15) is 39.7 Å². The third kappa shape index (κ3) is 8.39. The van der Waals surface area contributed by atoms with Crippen LogP contribution in [-0.4, -0.2) is 30.3 Å². The molecule has 1 aromatic rings. The molecule has 7 heteroatoms. The number of ether oxygens (including phenoxy) is 2. The van der Waals surface area contributed by atoms with Gasteiger partial charge in [-0.3, -0.25) is 15.6 Å². The lowest BCUT2D eigenvalue weighted by Crippen LogP contribution is -2.51. The molecule has 0 spiro atoms. The molecule has 0 bridgehead atoms. The van der Waals surface area contributed by atoms with Gasteiger partial charge in [-0.15, -0.1) is 0 Å². The Morgan fingerprint density at radius 1 is 1.24 bits per heavy atom. The van der Waals surface area contributed by atoms with Crippen molar-refractivity contribution in [3.63, 3.8) is 0 Å². The molecule has 25 heavy (non-hydrogen) atoms. The number of hydrogen-bond acceptors (Lipinski definition) is 4. The molecule has 0 aliphatic rings. The minimum atomic E-state index is -0.316. The SMILES string of the molecule is CCCOc1ccc(/C=C/C(=O)NNC(=S)NC(C)(C)C)cc1OC. The number of methoxy groups -OCH3 is 1. The molecule has 0 atom stereocenters. The van der Waals surface area contributed by atoms with Crippen molar-refractivity contribution in [2.75, 3.05) is 13.7 Å². The molecule has 0 aromatic heterocycles. The average molecular weight is 365 g/mol. The monoisotopic (exact) mass is 365 g/mol. The van der Waals surface area contributed by atoms with Gasteiger partial charge in [-0.05, 0) is 63.2 Å². The van der Waals surface area contributed by atoms with E-state index in [0.29, 0.717) is 23.2 Å². The van der Waals surface area contributed by atoms with Crippen molar-refractivity contribution in [1.29, 1.82) is 0 Å². The molecule has 0 fully saturated rings. The van der Waals surface area contributed by atoms with Crippen LogP contribution in [0.5, 0.6) is 11.5 Å². The van der Waals surface area contributed by atoms with Crippen LogP contribution in [0, 0.1) is 0 Å². The van der Waals surface area contributed by atoms with E-state index in [1.165, 1.54) is 6.08 Å². The van der Waals surface area contributed by atoms with Crippen LogP contribution in [0.2, 0.25) is 0 Å². The highest BCUT2D eigenvalue weighted by atomic mass is 32.1.